The standard InChI is InChI=1S/C65H100O27/c1-14-27(3)54(80)87-46-29(5)83-58(45(76)48(46)88-55(81)28(4)15-2)92-52-51(77)65(26-82-30(6)68)32(22-60(52,7)8)31-16-17-36-62(11)20-19-38(61(9,10)35(62)18-21-63(36,12)64(31,13)23-37(65)69)86-59-50(91-57-43(74)41(72)39(70)33(24-66)84-57)47(44(75)49(90-59)53(78)79)89-56-42(73)40(71)34(25-67)85-56/h14-16,29,32-52,56-59,66-67,69-77H,17-26H2,1-13H3,(H,78,79)/b27-14-,28-15-/t29?,32?,33?,34-,35?,36?,37+,38-,39-,40?,41?,42?,43?,44-,45?,46-,47?,48?,49?,50?,51-,52-,56-,57-,58-,59+,62-,63+,64+,65-/m0/s1. The molecule has 0 aromatic heterocycles. The molecule has 4 saturated carbocycles. The van der Waals surface area contributed by atoms with Crippen LogP contribution in [0, 0.1) is 50.2 Å². The van der Waals surface area contributed by atoms with Crippen molar-refractivity contribution in [1.29, 1.82) is 0 Å². The molecule has 30 atom stereocenters. The van der Waals surface area contributed by atoms with Crippen LogP contribution in [-0.4, -0.2) is 246 Å². The molecular weight excluding hydrogens is 1210 g/mol. The normalized spacial score (nSPS) is 48.4. The van der Waals surface area contributed by atoms with Crippen LogP contribution < -0.4 is 0 Å². The molecule has 9 rings (SSSR count). The van der Waals surface area contributed by atoms with Gasteiger partial charge in [-0.3, -0.25) is 4.79 Å². The smallest absolute Gasteiger partial charge is 0.335 e. The maximum atomic E-state index is 13.4. The number of aliphatic carboxylic acids is 1. The lowest BCUT2D eigenvalue weighted by atomic mass is 9.33. The van der Waals surface area contributed by atoms with E-state index in [9.17, 15) is 80.5 Å². The number of allylic oxidation sites excluding steroid dienone is 4. The second kappa shape index (κ2) is 27.0. The highest BCUT2D eigenvalue weighted by Gasteiger charge is 2.74. The third kappa shape index (κ3) is 12.3. The second-order valence-corrected chi connectivity index (χ2v) is 29.4. The van der Waals surface area contributed by atoms with E-state index in [0.29, 0.717) is 32.1 Å². The fourth-order valence-corrected chi connectivity index (χ4v) is 17.8. The van der Waals surface area contributed by atoms with Crippen LogP contribution in [0.5, 0.6) is 0 Å². The van der Waals surface area contributed by atoms with Crippen LogP contribution in [0.1, 0.15) is 135 Å². The molecule has 0 bridgehead atoms. The quantitative estimate of drug-likeness (QED) is 0.0314. The lowest BCUT2D eigenvalue weighted by Gasteiger charge is -2.72. The van der Waals surface area contributed by atoms with Crippen molar-refractivity contribution >= 4 is 23.9 Å². The molecule has 92 heavy (non-hydrogen) atoms. The Morgan fingerprint density at radius 2 is 1.16 bits per heavy atom. The van der Waals surface area contributed by atoms with E-state index in [-0.39, 0.29) is 35.8 Å². The summed E-state index contributed by atoms with van der Waals surface area (Å²) in [6, 6.07) is 0. The van der Waals surface area contributed by atoms with Gasteiger partial charge in [-0.25, -0.2) is 14.4 Å². The van der Waals surface area contributed by atoms with Crippen molar-refractivity contribution in [2.24, 2.45) is 50.2 Å². The first-order valence-electron chi connectivity index (χ1n) is 32.3. The fraction of sp³-hybridized carbons (Fsp3) is 0.846. The molecule has 4 heterocycles. The van der Waals surface area contributed by atoms with E-state index in [1.807, 2.05) is 27.7 Å². The number of fused-ring (bicyclic) bond motifs is 7. The van der Waals surface area contributed by atoms with E-state index in [1.54, 1.807) is 33.8 Å². The number of aliphatic hydroxyl groups excluding tert-OH is 11. The molecular formula is C65H100O27. The third-order valence-electron chi connectivity index (χ3n) is 23.6. The van der Waals surface area contributed by atoms with Crippen LogP contribution >= 0.6 is 0 Å². The van der Waals surface area contributed by atoms with Crippen molar-refractivity contribution in [2.45, 2.75) is 276 Å². The highest BCUT2D eigenvalue weighted by atomic mass is 16.8. The van der Waals surface area contributed by atoms with Gasteiger partial charge < -0.3 is 113 Å². The largest absolute Gasteiger partial charge is 0.479 e. The van der Waals surface area contributed by atoms with Crippen LogP contribution in [0.3, 0.4) is 0 Å². The first-order valence-corrected chi connectivity index (χ1v) is 32.3. The summed E-state index contributed by atoms with van der Waals surface area (Å²) in [7, 11) is 0. The van der Waals surface area contributed by atoms with Gasteiger partial charge in [-0.1, -0.05) is 72.3 Å². The molecule has 27 heteroatoms. The summed E-state index contributed by atoms with van der Waals surface area (Å²) < 4.78 is 67.2. The van der Waals surface area contributed by atoms with Crippen LogP contribution in [-0.2, 0) is 71.3 Å². The average molecular weight is 1310 g/mol. The Morgan fingerprint density at radius 1 is 0.609 bits per heavy atom. The molecule has 0 aromatic carbocycles. The Kier molecular flexibility index (Phi) is 21.3. The van der Waals surface area contributed by atoms with Crippen molar-refractivity contribution in [3.63, 3.8) is 0 Å². The molecule has 0 spiro atoms. The molecule has 9 aliphatic rings. The van der Waals surface area contributed by atoms with Gasteiger partial charge in [0.25, 0.3) is 0 Å². The van der Waals surface area contributed by atoms with Gasteiger partial charge in [0.2, 0.25) is 0 Å². The van der Waals surface area contributed by atoms with Crippen molar-refractivity contribution in [2.75, 3.05) is 19.8 Å². The summed E-state index contributed by atoms with van der Waals surface area (Å²) in [5.41, 5.74) is -3.54. The van der Waals surface area contributed by atoms with Gasteiger partial charge in [0.05, 0.1) is 49.1 Å². The second-order valence-electron chi connectivity index (χ2n) is 29.4. The van der Waals surface area contributed by atoms with Gasteiger partial charge in [0.1, 0.15) is 73.8 Å². The molecule has 27 nitrogen and oxygen atoms in total. The first-order chi connectivity index (χ1) is 42.9. The number of aliphatic hydroxyl groups is 11. The number of carboxylic acids is 1. The molecule has 0 radical (unpaired) electrons. The number of hydrogen-bond acceptors (Lipinski definition) is 26. The SMILES string of the molecule is C/C=C(/C)C(=O)OC1C(O)[C@H](O[C@H]2[C@H](O)[C@@]3(COC(C)=O)C(CC2(C)C)C2=CCC4[C@@]5(C)CC[C@H](O[C@@H]6OC(C(=O)O)[C@@H](O)C(O[C@@H]7O[C@@H](CO)C(O)C7O)C6O[C@@H]6OC(CO)[C@H](O)C(O)C6O)C(C)(C)C5CC[C@@]4(C)[C@]2(C)C[C@H]3O)OC(C)[C@@H]1OC(=O)/C(C)=C\C. The van der Waals surface area contributed by atoms with Crippen LogP contribution in [0.15, 0.2) is 34.9 Å². The minimum Gasteiger partial charge on any atom is -0.479 e. The van der Waals surface area contributed by atoms with E-state index in [1.165, 1.54) is 19.9 Å². The third-order valence-corrected chi connectivity index (χ3v) is 23.6. The summed E-state index contributed by atoms with van der Waals surface area (Å²) in [5.74, 6) is -4.56. The Hall–Kier alpha value is -3.66. The summed E-state index contributed by atoms with van der Waals surface area (Å²) in [4.78, 5) is 52.4. The lowest BCUT2D eigenvalue weighted by Crippen LogP contribution is -2.72. The number of hydrogen-bond donors (Lipinski definition) is 12. The van der Waals surface area contributed by atoms with Crippen LogP contribution in [0.2, 0.25) is 0 Å². The zero-order chi connectivity index (χ0) is 68.0. The summed E-state index contributed by atoms with van der Waals surface area (Å²) >= 11 is 0. The number of rotatable bonds is 17. The van der Waals surface area contributed by atoms with E-state index >= 15 is 0 Å². The number of carbonyl (C=O) groups is 4. The van der Waals surface area contributed by atoms with Crippen LogP contribution in [0.25, 0.3) is 0 Å². The predicted octanol–water partition coefficient (Wildman–Crippen LogP) is 0.715. The van der Waals surface area contributed by atoms with Gasteiger partial charge in [-0.2, -0.15) is 0 Å². The lowest BCUT2D eigenvalue weighted by molar-refractivity contribution is -0.386. The maximum absolute atomic E-state index is 13.4. The number of esters is 3. The van der Waals surface area contributed by atoms with Crippen molar-refractivity contribution in [3.8, 4) is 0 Å². The Labute approximate surface area is 535 Å². The maximum Gasteiger partial charge on any atom is 0.335 e. The zero-order valence-corrected chi connectivity index (χ0v) is 54.8. The van der Waals surface area contributed by atoms with Gasteiger partial charge in [0.15, 0.2) is 43.5 Å². The topological polar surface area (TPSA) is 413 Å². The number of ether oxygens (including phenoxy) is 11. The molecule has 4 aliphatic heterocycles. The number of carbonyl (C=O) groups excluding carboxylic acids is 3. The molecule has 5 aliphatic carbocycles. The minimum absolute atomic E-state index is 0.0439. The first kappa shape index (κ1) is 72.6. The molecule has 14 unspecified atom stereocenters. The molecule has 12 N–H and O–H groups in total. The fourth-order valence-electron chi connectivity index (χ4n) is 17.8. The summed E-state index contributed by atoms with van der Waals surface area (Å²) in [5, 5.41) is 135. The van der Waals surface area contributed by atoms with E-state index in [0.717, 1.165) is 5.57 Å². The molecule has 4 saturated heterocycles. The monoisotopic (exact) mass is 1310 g/mol. The van der Waals surface area contributed by atoms with Gasteiger partial charge >= 0.3 is 23.9 Å². The average Bonchev–Trinajstić information content (AvgIpc) is 0.773. The molecule has 8 fully saturated rings. The predicted molar refractivity (Wildman–Crippen MR) is 316 cm³/mol. The van der Waals surface area contributed by atoms with E-state index < -0.39 is 223 Å². The molecule has 0 aromatic rings. The van der Waals surface area contributed by atoms with Crippen LogP contribution in [0.4, 0.5) is 0 Å². The summed E-state index contributed by atoms with van der Waals surface area (Å²) in [6.45, 7) is 21.8. The van der Waals surface area contributed by atoms with E-state index in [2.05, 4.69) is 26.8 Å². The highest BCUT2D eigenvalue weighted by molar-refractivity contribution is 5.88. The number of carboxylic acid groups (broad SMARTS) is 1. The van der Waals surface area contributed by atoms with Crippen molar-refractivity contribution < 1.29 is 133 Å². The Balaban J connectivity index is 1.01. The highest BCUT2D eigenvalue weighted by Crippen LogP contribution is 2.76. The Bertz CT molecular complexity index is 2790. The van der Waals surface area contributed by atoms with Gasteiger partial charge in [-0.05, 0) is 124 Å². The minimum atomic E-state index is -2.13. The van der Waals surface area contributed by atoms with E-state index in [4.69, 9.17) is 52.1 Å². The van der Waals surface area contributed by atoms with Crippen molar-refractivity contribution in [3.05, 3.63) is 34.9 Å². The van der Waals surface area contributed by atoms with Crippen molar-refractivity contribution in [1.82, 2.24) is 0 Å². The molecule has 522 valence electrons. The summed E-state index contributed by atoms with van der Waals surface area (Å²) in [6.07, 6.45) is -29.1. The zero-order valence-electron chi connectivity index (χ0n) is 54.8. The molecule has 0 amide bonds. The van der Waals surface area contributed by atoms with Gasteiger partial charge in [-0.15, -0.1) is 0 Å². The Morgan fingerprint density at radius 3 is 1.73 bits per heavy atom. The van der Waals surface area contributed by atoms with Gasteiger partial charge in [0, 0.05) is 18.1 Å².